The van der Waals surface area contributed by atoms with Crippen LogP contribution < -0.4 is 15.8 Å². The molecule has 1 aromatic carbocycles. The minimum absolute atomic E-state index is 0.0508. The smallest absolute Gasteiger partial charge is 0.404 e. The normalized spacial score (nSPS) is 16.6. The predicted octanol–water partition coefficient (Wildman–Crippen LogP) is 2.70. The summed E-state index contributed by atoms with van der Waals surface area (Å²) in [6.45, 7) is 1.90. The van der Waals surface area contributed by atoms with Crippen molar-refractivity contribution in [3.05, 3.63) is 23.8 Å². The Morgan fingerprint density at radius 3 is 2.60 bits per heavy atom. The number of alkyl halides is 3. The Bertz CT molecular complexity index is 513. The number of hydrogen-bond acceptors (Lipinski definition) is 3. The monoisotopic (exact) mass is 288 g/mol. The summed E-state index contributed by atoms with van der Waals surface area (Å²) in [6, 6.07) is 3.52. The topological polar surface area (TPSA) is 64.3 Å². The van der Waals surface area contributed by atoms with Crippen LogP contribution in [0, 0.1) is 5.92 Å². The summed E-state index contributed by atoms with van der Waals surface area (Å²) in [4.78, 5) is 11.9. The molecule has 1 unspecified atom stereocenters. The number of nitrogens with two attached hydrogens (primary N) is 1. The first-order chi connectivity index (χ1) is 9.26. The van der Waals surface area contributed by atoms with Crippen molar-refractivity contribution in [1.82, 2.24) is 5.32 Å². The molecule has 0 spiro atoms. The van der Waals surface area contributed by atoms with Crippen LogP contribution >= 0.6 is 0 Å². The highest BCUT2D eigenvalue weighted by molar-refractivity contribution is 5.95. The van der Waals surface area contributed by atoms with Crippen molar-refractivity contribution in [3.63, 3.8) is 0 Å². The molecule has 1 aliphatic carbocycles. The molecule has 4 nitrogen and oxygen atoms in total. The highest BCUT2D eigenvalue weighted by Gasteiger charge is 2.32. The van der Waals surface area contributed by atoms with E-state index in [1.807, 2.05) is 6.92 Å². The Labute approximate surface area is 114 Å². The average molecular weight is 288 g/mol. The summed E-state index contributed by atoms with van der Waals surface area (Å²) in [7, 11) is 0. The molecular weight excluding hydrogens is 273 g/mol. The third-order valence-corrected chi connectivity index (χ3v) is 3.19. The summed E-state index contributed by atoms with van der Waals surface area (Å²) >= 11 is 0. The molecule has 3 N–H and O–H groups in total. The minimum atomic E-state index is -4.81. The van der Waals surface area contributed by atoms with Crippen molar-refractivity contribution < 1.29 is 22.7 Å². The van der Waals surface area contributed by atoms with Gasteiger partial charge >= 0.3 is 6.36 Å². The van der Waals surface area contributed by atoms with Gasteiger partial charge in [0.05, 0.1) is 5.69 Å². The van der Waals surface area contributed by atoms with E-state index in [2.05, 4.69) is 10.1 Å². The van der Waals surface area contributed by atoms with Crippen molar-refractivity contribution in [1.29, 1.82) is 0 Å². The van der Waals surface area contributed by atoms with E-state index in [9.17, 15) is 18.0 Å². The summed E-state index contributed by atoms with van der Waals surface area (Å²) in [5, 5.41) is 2.80. The molecule has 20 heavy (non-hydrogen) atoms. The van der Waals surface area contributed by atoms with Gasteiger partial charge in [-0.25, -0.2) is 0 Å². The van der Waals surface area contributed by atoms with Crippen LogP contribution in [0.2, 0.25) is 0 Å². The van der Waals surface area contributed by atoms with Crippen LogP contribution in [0.25, 0.3) is 0 Å². The number of nitrogens with one attached hydrogen (secondary N) is 1. The first kappa shape index (κ1) is 14.5. The molecule has 0 saturated heterocycles. The fraction of sp³-hybridized carbons (Fsp3) is 0.462. The molecule has 7 heteroatoms. The quantitative estimate of drug-likeness (QED) is 0.837. The van der Waals surface area contributed by atoms with Crippen molar-refractivity contribution in [2.24, 2.45) is 5.92 Å². The van der Waals surface area contributed by atoms with E-state index in [-0.39, 0.29) is 23.2 Å². The Kier molecular flexibility index (Phi) is 3.78. The molecule has 1 atom stereocenters. The maximum atomic E-state index is 12.1. The van der Waals surface area contributed by atoms with Crippen LogP contribution in [-0.2, 0) is 0 Å². The van der Waals surface area contributed by atoms with E-state index in [4.69, 9.17) is 5.73 Å². The maximum Gasteiger partial charge on any atom is 0.573 e. The first-order valence-electron chi connectivity index (χ1n) is 6.22. The molecule has 110 valence electrons. The Hall–Kier alpha value is -1.92. The zero-order valence-electron chi connectivity index (χ0n) is 10.8. The standard InChI is InChI=1S/C13H15F3N2O2/c1-7(8-2-3-8)18-12(19)9-4-5-11(10(17)6-9)20-13(14,15)16/h4-8H,2-3,17H2,1H3,(H,18,19). The largest absolute Gasteiger partial charge is 0.573 e. The second-order valence-corrected chi connectivity index (χ2v) is 4.90. The Balaban J connectivity index is 2.05. The van der Waals surface area contributed by atoms with Crippen molar-refractivity contribution in [3.8, 4) is 5.75 Å². The minimum Gasteiger partial charge on any atom is -0.404 e. The Morgan fingerprint density at radius 2 is 2.10 bits per heavy atom. The fourth-order valence-electron chi connectivity index (χ4n) is 1.91. The molecule has 0 bridgehead atoms. The zero-order valence-corrected chi connectivity index (χ0v) is 10.8. The number of benzene rings is 1. The van der Waals surface area contributed by atoms with Gasteiger partial charge in [-0.05, 0) is 43.9 Å². The number of ether oxygens (including phenoxy) is 1. The van der Waals surface area contributed by atoms with Gasteiger partial charge in [0.15, 0.2) is 5.75 Å². The molecule has 0 heterocycles. The number of carbonyl (C=O) groups excluding carboxylic acids is 1. The summed E-state index contributed by atoms with van der Waals surface area (Å²) in [5.74, 6) is -0.372. The van der Waals surface area contributed by atoms with Crippen molar-refractivity contribution in [2.45, 2.75) is 32.2 Å². The van der Waals surface area contributed by atoms with E-state index < -0.39 is 12.1 Å². The maximum absolute atomic E-state index is 12.1. The van der Waals surface area contributed by atoms with Gasteiger partial charge in [-0.15, -0.1) is 13.2 Å². The van der Waals surface area contributed by atoms with Gasteiger partial charge in [0, 0.05) is 11.6 Å². The van der Waals surface area contributed by atoms with Crippen LogP contribution in [0.15, 0.2) is 18.2 Å². The van der Waals surface area contributed by atoms with Gasteiger partial charge in [-0.3, -0.25) is 4.79 Å². The highest BCUT2D eigenvalue weighted by Crippen LogP contribution is 2.33. The molecule has 0 radical (unpaired) electrons. The SMILES string of the molecule is CC(NC(=O)c1ccc(OC(F)(F)F)c(N)c1)C1CC1. The summed E-state index contributed by atoms with van der Waals surface area (Å²) < 4.78 is 40.0. The predicted molar refractivity (Wildman–Crippen MR) is 67.2 cm³/mol. The number of halogens is 3. The van der Waals surface area contributed by atoms with Crippen LogP contribution in [0.4, 0.5) is 18.9 Å². The van der Waals surface area contributed by atoms with Crippen LogP contribution in [0.3, 0.4) is 0 Å². The molecule has 1 aromatic rings. The number of nitrogen functional groups attached to an aromatic ring is 1. The van der Waals surface area contributed by atoms with Gasteiger partial charge in [-0.1, -0.05) is 0 Å². The second-order valence-electron chi connectivity index (χ2n) is 4.90. The molecule has 1 saturated carbocycles. The van der Waals surface area contributed by atoms with Gasteiger partial charge in [0.1, 0.15) is 0 Å². The number of hydrogen-bond donors (Lipinski definition) is 2. The molecule has 0 aliphatic heterocycles. The fourth-order valence-corrected chi connectivity index (χ4v) is 1.91. The van der Waals surface area contributed by atoms with E-state index in [1.165, 1.54) is 12.1 Å². The van der Waals surface area contributed by atoms with Crippen molar-refractivity contribution in [2.75, 3.05) is 5.73 Å². The molecular formula is C13H15F3N2O2. The van der Waals surface area contributed by atoms with Gasteiger partial charge < -0.3 is 15.8 Å². The van der Waals surface area contributed by atoms with E-state index in [0.717, 1.165) is 18.9 Å². The van der Waals surface area contributed by atoms with Crippen molar-refractivity contribution >= 4 is 11.6 Å². The number of anilines is 1. The molecule has 1 amide bonds. The third kappa shape index (κ3) is 3.79. The number of rotatable bonds is 4. The van der Waals surface area contributed by atoms with E-state index in [1.54, 1.807) is 0 Å². The van der Waals surface area contributed by atoms with E-state index >= 15 is 0 Å². The number of carbonyl (C=O) groups is 1. The molecule has 0 aromatic heterocycles. The van der Waals surface area contributed by atoms with Gasteiger partial charge in [0.2, 0.25) is 0 Å². The third-order valence-electron chi connectivity index (χ3n) is 3.19. The lowest BCUT2D eigenvalue weighted by atomic mass is 10.1. The molecule has 1 aliphatic rings. The summed E-state index contributed by atoms with van der Waals surface area (Å²) in [6.07, 6.45) is -2.64. The molecule has 1 fully saturated rings. The van der Waals surface area contributed by atoms with E-state index in [0.29, 0.717) is 5.92 Å². The van der Waals surface area contributed by atoms with Crippen LogP contribution in [0.1, 0.15) is 30.1 Å². The van der Waals surface area contributed by atoms with Crippen LogP contribution in [-0.4, -0.2) is 18.3 Å². The van der Waals surface area contributed by atoms with Crippen LogP contribution in [0.5, 0.6) is 5.75 Å². The number of amides is 1. The lowest BCUT2D eigenvalue weighted by Crippen LogP contribution is -2.34. The lowest BCUT2D eigenvalue weighted by molar-refractivity contribution is -0.274. The Morgan fingerprint density at radius 1 is 1.45 bits per heavy atom. The first-order valence-corrected chi connectivity index (χ1v) is 6.22. The van der Waals surface area contributed by atoms with Gasteiger partial charge in [-0.2, -0.15) is 0 Å². The zero-order chi connectivity index (χ0) is 14.9. The second kappa shape index (κ2) is 5.22. The average Bonchev–Trinajstić information content (AvgIpc) is 3.13. The summed E-state index contributed by atoms with van der Waals surface area (Å²) in [5.41, 5.74) is 5.45. The highest BCUT2D eigenvalue weighted by atomic mass is 19.4. The van der Waals surface area contributed by atoms with Gasteiger partial charge in [0.25, 0.3) is 5.91 Å². The lowest BCUT2D eigenvalue weighted by Gasteiger charge is -2.14. The molecule has 2 rings (SSSR count).